The molecule has 0 aromatic heterocycles. The average molecular weight is 200 g/mol. The fourth-order valence-corrected chi connectivity index (χ4v) is 2.21. The van der Waals surface area contributed by atoms with Gasteiger partial charge in [0.2, 0.25) is 0 Å². The van der Waals surface area contributed by atoms with Crippen molar-refractivity contribution in [3.05, 3.63) is 0 Å². The van der Waals surface area contributed by atoms with E-state index in [4.69, 9.17) is 18.9 Å². The predicted octanol–water partition coefficient (Wildman–Crippen LogP) is 0.206. The summed E-state index contributed by atoms with van der Waals surface area (Å²) in [6.07, 6.45) is 2.03. The molecule has 0 aromatic carbocycles. The second-order valence-electron chi connectivity index (χ2n) is 4.25. The quantitative estimate of drug-likeness (QED) is 0.608. The number of hydrogen-bond acceptors (Lipinski definition) is 4. The fourth-order valence-electron chi connectivity index (χ4n) is 2.21. The predicted molar refractivity (Wildman–Crippen MR) is 48.1 cm³/mol. The van der Waals surface area contributed by atoms with Gasteiger partial charge in [0, 0.05) is 12.5 Å². The van der Waals surface area contributed by atoms with E-state index in [0.717, 1.165) is 39.5 Å². The minimum absolute atomic E-state index is 0.287. The summed E-state index contributed by atoms with van der Waals surface area (Å²) >= 11 is 0. The minimum Gasteiger partial charge on any atom is -0.378 e. The van der Waals surface area contributed by atoms with Crippen molar-refractivity contribution in [2.24, 2.45) is 5.92 Å². The zero-order valence-electron chi connectivity index (χ0n) is 8.19. The summed E-state index contributed by atoms with van der Waals surface area (Å²) in [5.74, 6) is 0.432. The highest BCUT2D eigenvalue weighted by atomic mass is 16.6. The van der Waals surface area contributed by atoms with E-state index in [0.29, 0.717) is 18.1 Å². The Morgan fingerprint density at radius 2 is 2.00 bits per heavy atom. The van der Waals surface area contributed by atoms with Crippen molar-refractivity contribution in [2.75, 3.05) is 33.0 Å². The lowest BCUT2D eigenvalue weighted by atomic mass is 10.0. The second-order valence-corrected chi connectivity index (χ2v) is 4.25. The number of epoxide rings is 1. The summed E-state index contributed by atoms with van der Waals surface area (Å²) in [6.45, 7) is 3.98. The third-order valence-corrected chi connectivity index (χ3v) is 3.11. The first-order valence-electron chi connectivity index (χ1n) is 5.36. The Bertz CT molecular complexity index is 204. The third kappa shape index (κ3) is 1.80. The molecule has 0 N–H and O–H groups in total. The maximum Gasteiger partial charge on any atom is 0.104 e. The van der Waals surface area contributed by atoms with Crippen molar-refractivity contribution in [1.29, 1.82) is 0 Å². The fraction of sp³-hybridized carbons (Fsp3) is 1.00. The monoisotopic (exact) mass is 200 g/mol. The Labute approximate surface area is 83.5 Å². The summed E-state index contributed by atoms with van der Waals surface area (Å²) in [5, 5.41) is 0. The lowest BCUT2D eigenvalue weighted by Crippen LogP contribution is -2.26. The zero-order valence-corrected chi connectivity index (χ0v) is 8.19. The van der Waals surface area contributed by atoms with E-state index in [1.807, 2.05) is 0 Å². The van der Waals surface area contributed by atoms with Crippen molar-refractivity contribution in [1.82, 2.24) is 0 Å². The first-order valence-corrected chi connectivity index (χ1v) is 5.36. The van der Waals surface area contributed by atoms with Gasteiger partial charge in [-0.3, -0.25) is 0 Å². The molecule has 80 valence electrons. The topological polar surface area (TPSA) is 40.2 Å². The molecule has 0 radical (unpaired) electrons. The van der Waals surface area contributed by atoms with Crippen molar-refractivity contribution < 1.29 is 18.9 Å². The van der Waals surface area contributed by atoms with Crippen LogP contribution in [0, 0.1) is 5.92 Å². The molecule has 0 bridgehead atoms. The Morgan fingerprint density at radius 1 is 1.07 bits per heavy atom. The Morgan fingerprint density at radius 3 is 2.86 bits per heavy atom. The zero-order chi connectivity index (χ0) is 9.38. The average Bonchev–Trinajstić information content (AvgIpc) is 2.76. The molecule has 4 atom stereocenters. The number of rotatable bonds is 4. The Kier molecular flexibility index (Phi) is 2.45. The highest BCUT2D eigenvalue weighted by molar-refractivity contribution is 4.88. The standard InChI is InChI=1S/C10H16O4/c1-2-12-10-7(4-14-9(1)10)3-11-5-8-6-13-8/h7-10H,1-6H2. The van der Waals surface area contributed by atoms with Crippen LogP contribution in [0.15, 0.2) is 0 Å². The molecule has 4 heteroatoms. The van der Waals surface area contributed by atoms with Gasteiger partial charge in [0.05, 0.1) is 38.6 Å². The van der Waals surface area contributed by atoms with Crippen molar-refractivity contribution >= 4 is 0 Å². The van der Waals surface area contributed by atoms with E-state index in [-0.39, 0.29) is 6.10 Å². The summed E-state index contributed by atoms with van der Waals surface area (Å²) in [4.78, 5) is 0. The molecule has 0 spiro atoms. The molecule has 4 nitrogen and oxygen atoms in total. The molecule has 0 amide bonds. The van der Waals surface area contributed by atoms with Crippen LogP contribution in [0.25, 0.3) is 0 Å². The molecule has 14 heavy (non-hydrogen) atoms. The van der Waals surface area contributed by atoms with Crippen LogP contribution in [-0.2, 0) is 18.9 Å². The Balaban J connectivity index is 1.43. The number of fused-ring (bicyclic) bond motifs is 1. The SMILES string of the molecule is C1CC2OCC(COCC3CO3)C2O1. The first kappa shape index (κ1) is 9.09. The lowest BCUT2D eigenvalue weighted by molar-refractivity contribution is 0.0211. The molecule has 3 aliphatic heterocycles. The maximum atomic E-state index is 5.63. The molecule has 3 aliphatic rings. The highest BCUT2D eigenvalue weighted by Crippen LogP contribution is 2.30. The summed E-state index contributed by atoms with van der Waals surface area (Å²) in [7, 11) is 0. The van der Waals surface area contributed by atoms with Crippen LogP contribution in [0.4, 0.5) is 0 Å². The van der Waals surface area contributed by atoms with Crippen LogP contribution in [0.3, 0.4) is 0 Å². The van der Waals surface area contributed by atoms with Gasteiger partial charge >= 0.3 is 0 Å². The smallest absolute Gasteiger partial charge is 0.104 e. The molecule has 3 saturated heterocycles. The minimum atomic E-state index is 0.287. The lowest BCUT2D eigenvalue weighted by Gasteiger charge is -2.15. The molecule has 0 aliphatic carbocycles. The molecule has 3 heterocycles. The van der Waals surface area contributed by atoms with Crippen LogP contribution in [0.1, 0.15) is 6.42 Å². The van der Waals surface area contributed by atoms with Crippen LogP contribution in [0.5, 0.6) is 0 Å². The van der Waals surface area contributed by atoms with E-state index in [1.165, 1.54) is 0 Å². The van der Waals surface area contributed by atoms with Crippen LogP contribution in [-0.4, -0.2) is 51.3 Å². The van der Waals surface area contributed by atoms with Crippen LogP contribution >= 0.6 is 0 Å². The van der Waals surface area contributed by atoms with E-state index < -0.39 is 0 Å². The maximum absolute atomic E-state index is 5.63. The van der Waals surface area contributed by atoms with Gasteiger partial charge in [0.1, 0.15) is 6.10 Å². The summed E-state index contributed by atoms with van der Waals surface area (Å²) in [5.41, 5.74) is 0. The van der Waals surface area contributed by atoms with Gasteiger partial charge in [-0.05, 0) is 6.42 Å². The summed E-state index contributed by atoms with van der Waals surface area (Å²) < 4.78 is 21.9. The number of hydrogen-bond donors (Lipinski definition) is 0. The van der Waals surface area contributed by atoms with Gasteiger partial charge in [-0.25, -0.2) is 0 Å². The van der Waals surface area contributed by atoms with Gasteiger partial charge in [0.25, 0.3) is 0 Å². The van der Waals surface area contributed by atoms with Crippen LogP contribution in [0.2, 0.25) is 0 Å². The van der Waals surface area contributed by atoms with Crippen LogP contribution < -0.4 is 0 Å². The van der Waals surface area contributed by atoms with E-state index >= 15 is 0 Å². The van der Waals surface area contributed by atoms with Gasteiger partial charge in [-0.15, -0.1) is 0 Å². The Hall–Kier alpha value is -0.160. The van der Waals surface area contributed by atoms with Crippen molar-refractivity contribution in [3.63, 3.8) is 0 Å². The molecule has 4 unspecified atom stereocenters. The van der Waals surface area contributed by atoms with Crippen molar-refractivity contribution in [3.8, 4) is 0 Å². The summed E-state index contributed by atoms with van der Waals surface area (Å²) in [6, 6.07) is 0. The molecule has 3 fully saturated rings. The number of ether oxygens (including phenoxy) is 4. The van der Waals surface area contributed by atoms with Crippen molar-refractivity contribution in [2.45, 2.75) is 24.7 Å². The van der Waals surface area contributed by atoms with Gasteiger partial charge in [0.15, 0.2) is 0 Å². The normalized spacial score (nSPS) is 45.4. The molecular formula is C10H16O4. The molecular weight excluding hydrogens is 184 g/mol. The van der Waals surface area contributed by atoms with E-state index in [9.17, 15) is 0 Å². The van der Waals surface area contributed by atoms with Gasteiger partial charge in [-0.1, -0.05) is 0 Å². The van der Waals surface area contributed by atoms with Gasteiger partial charge in [-0.2, -0.15) is 0 Å². The molecule has 0 saturated carbocycles. The highest BCUT2D eigenvalue weighted by Gasteiger charge is 2.41. The van der Waals surface area contributed by atoms with E-state index in [1.54, 1.807) is 0 Å². The molecule has 0 aromatic rings. The first-order chi connectivity index (χ1) is 6.93. The van der Waals surface area contributed by atoms with Gasteiger partial charge < -0.3 is 18.9 Å². The largest absolute Gasteiger partial charge is 0.378 e. The molecule has 3 rings (SSSR count). The third-order valence-electron chi connectivity index (χ3n) is 3.11. The second kappa shape index (κ2) is 3.77. The van der Waals surface area contributed by atoms with E-state index in [2.05, 4.69) is 0 Å².